The molecule has 0 aromatic carbocycles. The maximum Gasteiger partial charge on any atom is 0.306 e. The fourth-order valence-electron chi connectivity index (χ4n) is 10.9. The number of unbranched alkanes of at least 4 members (excludes halogenated alkanes) is 37. The highest BCUT2D eigenvalue weighted by Gasteiger charge is 2.47. The summed E-state index contributed by atoms with van der Waals surface area (Å²) in [5.74, 6) is -0.377. The van der Waals surface area contributed by atoms with E-state index in [0.29, 0.717) is 13.0 Å². The van der Waals surface area contributed by atoms with Crippen LogP contribution in [0.15, 0.2) is 36.5 Å². The fraction of sp³-hybridized carbons (Fsp3) is 0.897. The summed E-state index contributed by atoms with van der Waals surface area (Å²) < 4.78 is 34.5. The predicted molar refractivity (Wildman–Crippen MR) is 330 cm³/mol. The minimum absolute atomic E-state index is 0.0623. The molecule has 0 amide bonds. The molecule has 0 aromatic heterocycles. The molecule has 14 heteroatoms. The number of carbonyl (C=O) groups is 1. The highest BCUT2D eigenvalue weighted by molar-refractivity contribution is 5.69. The molecule has 0 aliphatic carbocycles. The molecule has 482 valence electrons. The molecule has 2 aliphatic heterocycles. The number of aliphatic hydroxyl groups is 7. The molecule has 14 nitrogen and oxygen atoms in total. The number of aliphatic hydroxyl groups excluding tert-OH is 7. The molecule has 11 unspecified atom stereocenters. The Morgan fingerprint density at radius 3 is 1.18 bits per heavy atom. The third-order valence-electron chi connectivity index (χ3n) is 16.4. The molecule has 2 rings (SSSR count). The molecular weight excluding hydrogens is 1040 g/mol. The van der Waals surface area contributed by atoms with E-state index in [2.05, 4.69) is 50.3 Å². The van der Waals surface area contributed by atoms with Crippen LogP contribution in [0.2, 0.25) is 0 Å². The molecule has 2 saturated heterocycles. The number of rotatable bonds is 57. The first-order valence-electron chi connectivity index (χ1n) is 34.1. The van der Waals surface area contributed by atoms with Crippen molar-refractivity contribution in [1.82, 2.24) is 0 Å². The van der Waals surface area contributed by atoms with Crippen LogP contribution in [0, 0.1) is 0 Å². The van der Waals surface area contributed by atoms with E-state index in [-0.39, 0.29) is 25.6 Å². The summed E-state index contributed by atoms with van der Waals surface area (Å²) in [5, 5.41) is 72.6. The number of esters is 1. The first-order valence-corrected chi connectivity index (χ1v) is 34.1. The van der Waals surface area contributed by atoms with Crippen LogP contribution in [0.1, 0.15) is 290 Å². The summed E-state index contributed by atoms with van der Waals surface area (Å²) in [5.41, 5.74) is 0. The topological polar surface area (TPSA) is 214 Å². The van der Waals surface area contributed by atoms with Gasteiger partial charge in [-0.25, -0.2) is 0 Å². The van der Waals surface area contributed by atoms with E-state index in [0.717, 1.165) is 57.8 Å². The standard InChI is InChI=1S/C68H126O14/c1-3-5-7-9-11-13-15-17-19-21-23-25-27-28-30-32-34-36-38-40-42-44-46-48-50-52-77-54-57(55-78-67-66(76)64(74)62(72)59(82-67)56-79-68-65(75)63(73)61(71)58(53-69)81-68)80-60(70)51-49-47-45-43-41-39-37-35-33-31-29-26-24-22-20-18-16-14-12-10-8-6-4-2/h16,18,22,24,29,31,57-59,61-69,71-76H,3-15,17,19-21,23,25-28,30,32-56H2,1-2H3/b18-16-,24-22-,31-29-. The van der Waals surface area contributed by atoms with Gasteiger partial charge >= 0.3 is 5.97 Å². The SMILES string of the molecule is CCCCCCC/C=C\C/C=C\C/C=C\CCCCCCCCCCC(=O)OC(COCCCCCCCCCCCCCCCCCCCCCCCCCCC)COC1OC(COC2OC(CO)C(O)C(O)C2O)C(O)C(O)C1O. The predicted octanol–water partition coefficient (Wildman–Crippen LogP) is 14.0. The number of allylic oxidation sites excluding steroid dienone is 6. The Hall–Kier alpha value is -1.79. The average Bonchev–Trinajstić information content (AvgIpc) is 3.48. The van der Waals surface area contributed by atoms with E-state index < -0.39 is 80.7 Å². The summed E-state index contributed by atoms with van der Waals surface area (Å²) in [4.78, 5) is 13.1. The highest BCUT2D eigenvalue weighted by Crippen LogP contribution is 2.27. The Bertz CT molecular complexity index is 1500. The Morgan fingerprint density at radius 2 is 0.756 bits per heavy atom. The first-order chi connectivity index (χ1) is 40.1. The van der Waals surface area contributed by atoms with Gasteiger partial charge in [0.25, 0.3) is 0 Å². The normalized spacial score (nSPS) is 23.7. The van der Waals surface area contributed by atoms with Gasteiger partial charge in [-0.1, -0.05) is 269 Å². The molecule has 11 atom stereocenters. The van der Waals surface area contributed by atoms with Crippen molar-refractivity contribution in [2.45, 2.75) is 357 Å². The summed E-state index contributed by atoms with van der Waals surface area (Å²) >= 11 is 0. The van der Waals surface area contributed by atoms with Gasteiger partial charge in [-0.2, -0.15) is 0 Å². The summed E-state index contributed by atoms with van der Waals surface area (Å²) in [6.45, 7) is 3.73. The number of ether oxygens (including phenoxy) is 6. The van der Waals surface area contributed by atoms with Crippen LogP contribution in [0.25, 0.3) is 0 Å². The second-order valence-electron chi connectivity index (χ2n) is 24.0. The van der Waals surface area contributed by atoms with Crippen molar-refractivity contribution in [2.75, 3.05) is 33.0 Å². The second kappa shape index (κ2) is 54.6. The molecular formula is C68H126O14. The molecule has 2 heterocycles. The molecule has 82 heavy (non-hydrogen) atoms. The number of hydrogen-bond donors (Lipinski definition) is 7. The molecule has 7 N–H and O–H groups in total. The average molecular weight is 1170 g/mol. The lowest BCUT2D eigenvalue weighted by Gasteiger charge is -2.42. The van der Waals surface area contributed by atoms with Crippen molar-refractivity contribution in [3.63, 3.8) is 0 Å². The molecule has 0 bridgehead atoms. The number of hydrogen-bond acceptors (Lipinski definition) is 14. The molecule has 0 radical (unpaired) electrons. The molecule has 0 saturated carbocycles. The van der Waals surface area contributed by atoms with Crippen molar-refractivity contribution >= 4 is 5.97 Å². The Kier molecular flexibility index (Phi) is 50.8. The minimum atomic E-state index is -1.71. The van der Waals surface area contributed by atoms with Gasteiger partial charge in [-0.05, 0) is 51.4 Å². The summed E-state index contributed by atoms with van der Waals surface area (Å²) in [6, 6.07) is 0. The first kappa shape index (κ1) is 76.3. The van der Waals surface area contributed by atoms with E-state index in [4.69, 9.17) is 28.4 Å². The van der Waals surface area contributed by atoms with E-state index in [1.165, 1.54) is 205 Å². The third kappa shape index (κ3) is 39.8. The van der Waals surface area contributed by atoms with Gasteiger partial charge in [-0.3, -0.25) is 4.79 Å². The molecule has 2 fully saturated rings. The smallest absolute Gasteiger partial charge is 0.306 e. The third-order valence-corrected chi connectivity index (χ3v) is 16.4. The lowest BCUT2D eigenvalue weighted by molar-refractivity contribution is -0.332. The van der Waals surface area contributed by atoms with Crippen molar-refractivity contribution in [3.05, 3.63) is 36.5 Å². The lowest BCUT2D eigenvalue weighted by Crippen LogP contribution is -2.61. The van der Waals surface area contributed by atoms with Gasteiger partial charge in [0.1, 0.15) is 54.9 Å². The van der Waals surface area contributed by atoms with Crippen LogP contribution in [-0.2, 0) is 33.2 Å². The van der Waals surface area contributed by atoms with Gasteiger partial charge < -0.3 is 64.2 Å². The van der Waals surface area contributed by atoms with Gasteiger partial charge in [0.15, 0.2) is 12.6 Å². The molecule has 2 aliphatic rings. The Labute approximate surface area is 500 Å². The van der Waals surface area contributed by atoms with Gasteiger partial charge in [0.2, 0.25) is 0 Å². The minimum Gasteiger partial charge on any atom is -0.457 e. The largest absolute Gasteiger partial charge is 0.457 e. The van der Waals surface area contributed by atoms with Crippen LogP contribution >= 0.6 is 0 Å². The van der Waals surface area contributed by atoms with E-state index in [1.807, 2.05) is 0 Å². The van der Waals surface area contributed by atoms with Crippen LogP contribution in [-0.4, -0.2) is 142 Å². The molecule has 0 aromatic rings. The fourth-order valence-corrected chi connectivity index (χ4v) is 10.9. The number of carbonyl (C=O) groups excluding carboxylic acids is 1. The lowest BCUT2D eigenvalue weighted by atomic mass is 9.98. The van der Waals surface area contributed by atoms with Gasteiger partial charge in [0.05, 0.1) is 26.4 Å². The van der Waals surface area contributed by atoms with Crippen LogP contribution < -0.4 is 0 Å². The van der Waals surface area contributed by atoms with E-state index >= 15 is 0 Å². The van der Waals surface area contributed by atoms with E-state index in [9.17, 15) is 40.5 Å². The zero-order valence-electron chi connectivity index (χ0n) is 52.2. The van der Waals surface area contributed by atoms with Crippen molar-refractivity contribution in [2.24, 2.45) is 0 Å². The monoisotopic (exact) mass is 1170 g/mol. The second-order valence-corrected chi connectivity index (χ2v) is 24.0. The highest BCUT2D eigenvalue weighted by atomic mass is 16.7. The Morgan fingerprint density at radius 1 is 0.402 bits per heavy atom. The maximum atomic E-state index is 13.1. The zero-order valence-corrected chi connectivity index (χ0v) is 52.2. The van der Waals surface area contributed by atoms with Gasteiger partial charge in [0, 0.05) is 13.0 Å². The quantitative estimate of drug-likeness (QED) is 0.0171. The summed E-state index contributed by atoms with van der Waals surface area (Å²) in [7, 11) is 0. The molecule has 0 spiro atoms. The van der Waals surface area contributed by atoms with Crippen molar-refractivity contribution in [1.29, 1.82) is 0 Å². The zero-order chi connectivity index (χ0) is 59.4. The van der Waals surface area contributed by atoms with Gasteiger partial charge in [-0.15, -0.1) is 0 Å². The van der Waals surface area contributed by atoms with Crippen LogP contribution in [0.5, 0.6) is 0 Å². The van der Waals surface area contributed by atoms with Crippen LogP contribution in [0.4, 0.5) is 0 Å². The van der Waals surface area contributed by atoms with E-state index in [1.54, 1.807) is 0 Å². The Balaban J connectivity index is 1.65. The van der Waals surface area contributed by atoms with Crippen molar-refractivity contribution < 1.29 is 69.0 Å². The van der Waals surface area contributed by atoms with Crippen LogP contribution in [0.3, 0.4) is 0 Å². The van der Waals surface area contributed by atoms with Crippen molar-refractivity contribution in [3.8, 4) is 0 Å². The maximum absolute atomic E-state index is 13.1. The summed E-state index contributed by atoms with van der Waals surface area (Å²) in [6.07, 6.45) is 50.7.